The van der Waals surface area contributed by atoms with E-state index >= 15 is 0 Å². The van der Waals surface area contributed by atoms with E-state index in [1.807, 2.05) is 4.90 Å². The lowest BCUT2D eigenvalue weighted by atomic mass is 9.79. The smallest absolute Gasteiger partial charge is 0.251 e. The maximum absolute atomic E-state index is 12.7. The third-order valence-corrected chi connectivity index (χ3v) is 5.38. The zero-order chi connectivity index (χ0) is 15.6. The van der Waals surface area contributed by atoms with Gasteiger partial charge < -0.3 is 14.4 Å². The van der Waals surface area contributed by atoms with E-state index in [9.17, 15) is 4.79 Å². The van der Waals surface area contributed by atoms with Crippen LogP contribution in [0.3, 0.4) is 0 Å². The molecule has 0 aromatic rings. The zero-order valence-corrected chi connectivity index (χ0v) is 14.1. The first-order valence-electron chi connectivity index (χ1n) is 8.82. The van der Waals surface area contributed by atoms with E-state index in [2.05, 4.69) is 18.7 Å². The van der Waals surface area contributed by atoms with Crippen LogP contribution in [0.5, 0.6) is 0 Å². The summed E-state index contributed by atoms with van der Waals surface area (Å²) >= 11 is 0. The van der Waals surface area contributed by atoms with Crippen LogP contribution in [0.1, 0.15) is 39.5 Å². The summed E-state index contributed by atoms with van der Waals surface area (Å²) in [4.78, 5) is 17.2. The van der Waals surface area contributed by atoms with Crippen molar-refractivity contribution in [3.8, 4) is 0 Å². The van der Waals surface area contributed by atoms with Gasteiger partial charge in [-0.15, -0.1) is 0 Å². The van der Waals surface area contributed by atoms with E-state index in [1.165, 1.54) is 0 Å². The first kappa shape index (κ1) is 16.2. The highest BCUT2D eigenvalue weighted by Gasteiger charge is 2.42. The Balaban J connectivity index is 1.68. The molecule has 0 radical (unpaired) electrons. The number of carbonyl (C=O) groups excluding carboxylic acids is 1. The highest BCUT2D eigenvalue weighted by Crippen LogP contribution is 2.34. The number of hydrogen-bond donors (Lipinski definition) is 0. The van der Waals surface area contributed by atoms with Gasteiger partial charge in [-0.05, 0) is 39.5 Å². The summed E-state index contributed by atoms with van der Waals surface area (Å²) < 4.78 is 11.5. The highest BCUT2D eigenvalue weighted by molar-refractivity contribution is 5.81. The Morgan fingerprint density at radius 2 is 2.05 bits per heavy atom. The Bertz CT molecular complexity index is 395. The van der Waals surface area contributed by atoms with Gasteiger partial charge in [0, 0.05) is 44.2 Å². The molecule has 0 aromatic heterocycles. The van der Waals surface area contributed by atoms with Gasteiger partial charge in [-0.3, -0.25) is 9.69 Å². The molecule has 5 nitrogen and oxygen atoms in total. The minimum absolute atomic E-state index is 0.104. The van der Waals surface area contributed by atoms with Crippen LogP contribution in [0, 0.1) is 5.41 Å². The SMILES string of the molecule is CC(C)N1CCOC[C@@]2(CCCN(C(=O)[C@@H]3CCCO3)C2)C1. The predicted octanol–water partition coefficient (Wildman–Crippen LogP) is 1.51. The maximum atomic E-state index is 12.7. The average molecular weight is 310 g/mol. The predicted molar refractivity (Wildman–Crippen MR) is 84.7 cm³/mol. The first-order valence-corrected chi connectivity index (χ1v) is 8.82. The van der Waals surface area contributed by atoms with Crippen LogP contribution in [0.25, 0.3) is 0 Å². The summed E-state index contributed by atoms with van der Waals surface area (Å²) in [6, 6.07) is 0.530. The van der Waals surface area contributed by atoms with Crippen molar-refractivity contribution >= 4 is 5.91 Å². The maximum Gasteiger partial charge on any atom is 0.251 e. The Kier molecular flexibility index (Phi) is 5.05. The molecule has 1 spiro atoms. The minimum Gasteiger partial charge on any atom is -0.379 e. The summed E-state index contributed by atoms with van der Waals surface area (Å²) in [5.74, 6) is 0.205. The summed E-state index contributed by atoms with van der Waals surface area (Å²) in [5.41, 5.74) is 0.104. The molecule has 3 fully saturated rings. The van der Waals surface area contributed by atoms with E-state index in [-0.39, 0.29) is 17.4 Å². The normalized spacial score (nSPS) is 34.3. The number of hydrogen-bond acceptors (Lipinski definition) is 4. The van der Waals surface area contributed by atoms with Crippen molar-refractivity contribution in [3.05, 3.63) is 0 Å². The van der Waals surface area contributed by atoms with E-state index in [4.69, 9.17) is 9.47 Å². The van der Waals surface area contributed by atoms with Crippen molar-refractivity contribution in [2.45, 2.75) is 51.7 Å². The van der Waals surface area contributed by atoms with Crippen LogP contribution in [0.4, 0.5) is 0 Å². The third-order valence-electron chi connectivity index (χ3n) is 5.38. The van der Waals surface area contributed by atoms with Gasteiger partial charge in [-0.1, -0.05) is 0 Å². The molecule has 3 rings (SSSR count). The fraction of sp³-hybridized carbons (Fsp3) is 0.941. The van der Waals surface area contributed by atoms with Gasteiger partial charge in [-0.2, -0.15) is 0 Å². The molecule has 3 aliphatic rings. The van der Waals surface area contributed by atoms with Crippen LogP contribution in [0.2, 0.25) is 0 Å². The topological polar surface area (TPSA) is 42.0 Å². The second kappa shape index (κ2) is 6.85. The minimum atomic E-state index is -0.192. The lowest BCUT2D eigenvalue weighted by Gasteiger charge is -2.44. The summed E-state index contributed by atoms with van der Waals surface area (Å²) in [5, 5.41) is 0. The fourth-order valence-corrected chi connectivity index (χ4v) is 4.09. The number of piperidine rings is 1. The average Bonchev–Trinajstić information content (AvgIpc) is 2.97. The largest absolute Gasteiger partial charge is 0.379 e. The van der Waals surface area contributed by atoms with E-state index in [0.29, 0.717) is 6.04 Å². The van der Waals surface area contributed by atoms with Gasteiger partial charge in [-0.25, -0.2) is 0 Å². The van der Waals surface area contributed by atoms with Crippen LogP contribution >= 0.6 is 0 Å². The Morgan fingerprint density at radius 3 is 2.77 bits per heavy atom. The van der Waals surface area contributed by atoms with Crippen LogP contribution in [0.15, 0.2) is 0 Å². The summed E-state index contributed by atoms with van der Waals surface area (Å²) in [7, 11) is 0. The lowest BCUT2D eigenvalue weighted by molar-refractivity contribution is -0.145. The Labute approximate surface area is 133 Å². The molecule has 3 aliphatic heterocycles. The second-order valence-electron chi connectivity index (χ2n) is 7.48. The van der Waals surface area contributed by atoms with Crippen LogP contribution < -0.4 is 0 Å². The Morgan fingerprint density at radius 1 is 1.18 bits per heavy atom. The molecule has 5 heteroatoms. The summed E-state index contributed by atoms with van der Waals surface area (Å²) in [6.07, 6.45) is 3.94. The molecule has 22 heavy (non-hydrogen) atoms. The van der Waals surface area contributed by atoms with Crippen molar-refractivity contribution in [2.75, 3.05) is 46.0 Å². The molecule has 0 bridgehead atoms. The van der Waals surface area contributed by atoms with E-state index in [0.717, 1.165) is 71.7 Å². The first-order chi connectivity index (χ1) is 10.6. The zero-order valence-electron chi connectivity index (χ0n) is 14.1. The van der Waals surface area contributed by atoms with Gasteiger partial charge in [0.25, 0.3) is 5.91 Å². The van der Waals surface area contributed by atoms with Crippen LogP contribution in [-0.2, 0) is 14.3 Å². The number of nitrogens with zero attached hydrogens (tertiary/aromatic N) is 2. The molecule has 0 saturated carbocycles. The highest BCUT2D eigenvalue weighted by atomic mass is 16.5. The standard InChI is InChI=1S/C17H30N2O3/c1-14(2)18-8-10-21-13-17(11-18)6-4-7-19(12-17)16(20)15-5-3-9-22-15/h14-15H,3-13H2,1-2H3/t15-,17-/m0/s1. The van der Waals surface area contributed by atoms with Crippen molar-refractivity contribution in [3.63, 3.8) is 0 Å². The van der Waals surface area contributed by atoms with Crippen LogP contribution in [-0.4, -0.2) is 73.9 Å². The molecule has 0 aromatic carbocycles. The molecular formula is C17H30N2O3. The monoisotopic (exact) mass is 310 g/mol. The molecule has 0 unspecified atom stereocenters. The van der Waals surface area contributed by atoms with Gasteiger partial charge in [0.05, 0.1) is 13.2 Å². The summed E-state index contributed by atoms with van der Waals surface area (Å²) in [6.45, 7) is 10.6. The van der Waals surface area contributed by atoms with Gasteiger partial charge in [0.1, 0.15) is 6.10 Å². The van der Waals surface area contributed by atoms with Gasteiger partial charge in [0.2, 0.25) is 0 Å². The van der Waals surface area contributed by atoms with Gasteiger partial charge >= 0.3 is 0 Å². The second-order valence-corrected chi connectivity index (χ2v) is 7.48. The van der Waals surface area contributed by atoms with E-state index < -0.39 is 0 Å². The van der Waals surface area contributed by atoms with Crippen molar-refractivity contribution in [1.82, 2.24) is 9.80 Å². The molecule has 3 heterocycles. The molecular weight excluding hydrogens is 280 g/mol. The van der Waals surface area contributed by atoms with E-state index in [1.54, 1.807) is 0 Å². The molecule has 126 valence electrons. The lowest BCUT2D eigenvalue weighted by Crippen LogP contribution is -2.54. The number of amides is 1. The molecule has 0 N–H and O–H groups in total. The quantitative estimate of drug-likeness (QED) is 0.775. The van der Waals surface area contributed by atoms with Crippen molar-refractivity contribution in [2.24, 2.45) is 5.41 Å². The van der Waals surface area contributed by atoms with Crippen molar-refractivity contribution < 1.29 is 14.3 Å². The third kappa shape index (κ3) is 3.47. The molecule has 0 aliphatic carbocycles. The molecule has 1 amide bonds. The number of carbonyl (C=O) groups is 1. The number of likely N-dealkylation sites (tertiary alicyclic amines) is 1. The fourth-order valence-electron chi connectivity index (χ4n) is 4.09. The molecule has 3 saturated heterocycles. The number of rotatable bonds is 2. The Hall–Kier alpha value is -0.650. The molecule has 2 atom stereocenters. The van der Waals surface area contributed by atoms with Crippen molar-refractivity contribution in [1.29, 1.82) is 0 Å². The van der Waals surface area contributed by atoms with Gasteiger partial charge in [0.15, 0.2) is 0 Å². The number of ether oxygens (including phenoxy) is 2.